The summed E-state index contributed by atoms with van der Waals surface area (Å²) in [6.45, 7) is 6.87. The molecule has 0 atom stereocenters. The van der Waals surface area contributed by atoms with Crippen molar-refractivity contribution in [2.75, 3.05) is 12.4 Å². The number of halogens is 1. The van der Waals surface area contributed by atoms with E-state index in [9.17, 15) is 0 Å². The summed E-state index contributed by atoms with van der Waals surface area (Å²) in [4.78, 5) is 0. The highest BCUT2D eigenvalue weighted by atomic mass is 79.9. The van der Waals surface area contributed by atoms with Crippen molar-refractivity contribution in [3.63, 3.8) is 0 Å². The zero-order valence-electron chi connectivity index (χ0n) is 12.3. The molecular weight excluding hydrogens is 302 g/mol. The fourth-order valence-corrected chi connectivity index (χ4v) is 3.36. The van der Waals surface area contributed by atoms with Gasteiger partial charge in [-0.05, 0) is 55.7 Å². The Morgan fingerprint density at radius 2 is 1.89 bits per heavy atom. The summed E-state index contributed by atoms with van der Waals surface area (Å²) in [5.74, 6) is 0.928. The van der Waals surface area contributed by atoms with Crippen molar-refractivity contribution in [1.29, 1.82) is 0 Å². The topological polar surface area (TPSA) is 21.3 Å². The van der Waals surface area contributed by atoms with E-state index in [1.807, 2.05) is 6.07 Å². The van der Waals surface area contributed by atoms with E-state index in [0.29, 0.717) is 11.5 Å². The lowest BCUT2D eigenvalue weighted by molar-refractivity contribution is 0.232. The van der Waals surface area contributed by atoms with E-state index in [2.05, 4.69) is 48.1 Å². The Labute approximate surface area is 125 Å². The standard InChI is InChI=1S/C16H24BrNO/c1-11-9-12(17)10-14(19-4)15(11)18-13-5-7-16(2,3)8-6-13/h9-10,13,18H,5-8H2,1-4H3. The summed E-state index contributed by atoms with van der Waals surface area (Å²) in [7, 11) is 1.73. The first kappa shape index (κ1) is 14.7. The first-order chi connectivity index (χ1) is 8.91. The fourth-order valence-electron chi connectivity index (χ4n) is 2.81. The van der Waals surface area contributed by atoms with Gasteiger partial charge < -0.3 is 10.1 Å². The fraction of sp³-hybridized carbons (Fsp3) is 0.625. The zero-order chi connectivity index (χ0) is 14.0. The lowest BCUT2D eigenvalue weighted by Crippen LogP contribution is -2.30. The minimum Gasteiger partial charge on any atom is -0.495 e. The second kappa shape index (κ2) is 5.74. The van der Waals surface area contributed by atoms with Crippen molar-refractivity contribution < 1.29 is 4.74 Å². The molecule has 0 heterocycles. The minimum atomic E-state index is 0.511. The van der Waals surface area contributed by atoms with Crippen LogP contribution in [-0.2, 0) is 0 Å². The Hall–Kier alpha value is -0.700. The summed E-state index contributed by atoms with van der Waals surface area (Å²) in [5.41, 5.74) is 2.89. The van der Waals surface area contributed by atoms with Gasteiger partial charge in [0.05, 0.1) is 12.8 Å². The number of hydrogen-bond donors (Lipinski definition) is 1. The molecule has 0 saturated heterocycles. The van der Waals surface area contributed by atoms with Crippen LogP contribution in [0.15, 0.2) is 16.6 Å². The Bertz CT molecular complexity index is 446. The van der Waals surface area contributed by atoms with Gasteiger partial charge in [-0.15, -0.1) is 0 Å². The summed E-state index contributed by atoms with van der Waals surface area (Å²) in [6.07, 6.45) is 5.07. The molecule has 0 amide bonds. The average Bonchev–Trinajstić information content (AvgIpc) is 2.34. The maximum absolute atomic E-state index is 5.50. The predicted octanol–water partition coefficient (Wildman–Crippen LogP) is 5.15. The molecule has 1 N–H and O–H groups in total. The molecule has 1 aliphatic carbocycles. The second-order valence-corrected chi connectivity index (χ2v) is 7.30. The van der Waals surface area contributed by atoms with Gasteiger partial charge >= 0.3 is 0 Å². The van der Waals surface area contributed by atoms with Crippen LogP contribution in [0.25, 0.3) is 0 Å². The minimum absolute atomic E-state index is 0.511. The first-order valence-corrected chi connectivity index (χ1v) is 7.81. The number of ether oxygens (including phenoxy) is 1. The number of anilines is 1. The maximum atomic E-state index is 5.50. The molecule has 2 rings (SSSR count). The van der Waals surface area contributed by atoms with Gasteiger partial charge in [0.25, 0.3) is 0 Å². The molecule has 19 heavy (non-hydrogen) atoms. The zero-order valence-corrected chi connectivity index (χ0v) is 13.9. The van der Waals surface area contributed by atoms with E-state index in [1.165, 1.54) is 31.2 Å². The van der Waals surface area contributed by atoms with Gasteiger partial charge in [0.1, 0.15) is 5.75 Å². The normalized spacial score (nSPS) is 19.2. The number of nitrogens with one attached hydrogen (secondary N) is 1. The Morgan fingerprint density at radius 3 is 2.47 bits per heavy atom. The Morgan fingerprint density at radius 1 is 1.26 bits per heavy atom. The number of aryl methyl sites for hydroxylation is 1. The third-order valence-electron chi connectivity index (χ3n) is 4.17. The van der Waals surface area contributed by atoms with Crippen LogP contribution in [0.5, 0.6) is 5.75 Å². The lowest BCUT2D eigenvalue weighted by Gasteiger charge is -2.35. The van der Waals surface area contributed by atoms with Gasteiger partial charge in [0.2, 0.25) is 0 Å². The van der Waals surface area contributed by atoms with Crippen LogP contribution in [0.3, 0.4) is 0 Å². The molecule has 1 saturated carbocycles. The van der Waals surface area contributed by atoms with Gasteiger partial charge in [0, 0.05) is 10.5 Å². The smallest absolute Gasteiger partial charge is 0.143 e. The van der Waals surface area contributed by atoms with E-state index in [0.717, 1.165) is 15.9 Å². The van der Waals surface area contributed by atoms with Crippen molar-refractivity contribution in [3.8, 4) is 5.75 Å². The van der Waals surface area contributed by atoms with Crippen molar-refractivity contribution in [2.24, 2.45) is 5.41 Å². The molecule has 0 radical (unpaired) electrons. The van der Waals surface area contributed by atoms with Crippen LogP contribution in [0, 0.1) is 12.3 Å². The lowest BCUT2D eigenvalue weighted by atomic mass is 9.75. The molecule has 1 aliphatic rings. The SMILES string of the molecule is COc1cc(Br)cc(C)c1NC1CCC(C)(C)CC1. The predicted molar refractivity (Wildman–Crippen MR) is 85.1 cm³/mol. The molecule has 1 aromatic carbocycles. The quantitative estimate of drug-likeness (QED) is 0.830. The van der Waals surface area contributed by atoms with Gasteiger partial charge in [-0.3, -0.25) is 0 Å². The molecule has 2 nitrogen and oxygen atoms in total. The van der Waals surface area contributed by atoms with E-state index < -0.39 is 0 Å². The summed E-state index contributed by atoms with van der Waals surface area (Å²) in [6, 6.07) is 4.74. The van der Waals surface area contributed by atoms with Crippen LogP contribution in [0.2, 0.25) is 0 Å². The highest BCUT2D eigenvalue weighted by Gasteiger charge is 2.27. The van der Waals surface area contributed by atoms with Gasteiger partial charge in [-0.2, -0.15) is 0 Å². The largest absolute Gasteiger partial charge is 0.495 e. The molecule has 1 aromatic rings. The summed E-state index contributed by atoms with van der Waals surface area (Å²) >= 11 is 3.52. The molecule has 0 spiro atoms. The highest BCUT2D eigenvalue weighted by molar-refractivity contribution is 9.10. The number of rotatable bonds is 3. The third kappa shape index (κ3) is 3.65. The first-order valence-electron chi connectivity index (χ1n) is 7.02. The molecule has 3 heteroatoms. The van der Waals surface area contributed by atoms with Gasteiger partial charge in [-0.1, -0.05) is 29.8 Å². The molecule has 106 valence electrons. The van der Waals surface area contributed by atoms with Crippen LogP contribution < -0.4 is 10.1 Å². The summed E-state index contributed by atoms with van der Waals surface area (Å²) < 4.78 is 6.56. The van der Waals surface area contributed by atoms with Crippen LogP contribution >= 0.6 is 15.9 Å². The van der Waals surface area contributed by atoms with Crippen molar-refractivity contribution in [1.82, 2.24) is 0 Å². The molecule has 0 bridgehead atoms. The van der Waals surface area contributed by atoms with E-state index in [1.54, 1.807) is 7.11 Å². The number of hydrogen-bond acceptors (Lipinski definition) is 2. The molecule has 0 unspecified atom stereocenters. The van der Waals surface area contributed by atoms with Crippen LogP contribution in [0.4, 0.5) is 5.69 Å². The van der Waals surface area contributed by atoms with E-state index in [-0.39, 0.29) is 0 Å². The Balaban J connectivity index is 2.11. The molecule has 1 fully saturated rings. The van der Waals surface area contributed by atoms with E-state index in [4.69, 9.17) is 4.74 Å². The average molecular weight is 326 g/mol. The van der Waals surface area contributed by atoms with Gasteiger partial charge in [0.15, 0.2) is 0 Å². The van der Waals surface area contributed by atoms with Crippen molar-refractivity contribution >= 4 is 21.6 Å². The highest BCUT2D eigenvalue weighted by Crippen LogP contribution is 2.38. The maximum Gasteiger partial charge on any atom is 0.143 e. The second-order valence-electron chi connectivity index (χ2n) is 6.38. The molecule has 0 aliphatic heterocycles. The Kier molecular flexibility index (Phi) is 4.44. The molecular formula is C16H24BrNO. The number of benzene rings is 1. The number of methoxy groups -OCH3 is 1. The summed E-state index contributed by atoms with van der Waals surface area (Å²) in [5, 5.41) is 3.69. The van der Waals surface area contributed by atoms with Crippen molar-refractivity contribution in [2.45, 2.75) is 52.5 Å². The van der Waals surface area contributed by atoms with E-state index >= 15 is 0 Å². The molecule has 0 aromatic heterocycles. The van der Waals surface area contributed by atoms with Gasteiger partial charge in [-0.25, -0.2) is 0 Å². The monoisotopic (exact) mass is 325 g/mol. The van der Waals surface area contributed by atoms with Crippen LogP contribution in [0.1, 0.15) is 45.1 Å². The van der Waals surface area contributed by atoms with Crippen LogP contribution in [-0.4, -0.2) is 13.2 Å². The third-order valence-corrected chi connectivity index (χ3v) is 4.63. The van der Waals surface area contributed by atoms with Crippen molar-refractivity contribution in [3.05, 3.63) is 22.2 Å².